The van der Waals surface area contributed by atoms with E-state index in [4.69, 9.17) is 0 Å². The number of aromatic nitrogens is 2. The molecule has 1 unspecified atom stereocenters. The fourth-order valence-corrected chi connectivity index (χ4v) is 2.93. The molecule has 0 aliphatic carbocycles. The summed E-state index contributed by atoms with van der Waals surface area (Å²) in [5.74, 6) is -0.247. The van der Waals surface area contributed by atoms with Gasteiger partial charge in [-0.1, -0.05) is 53.8 Å². The molecule has 2 N–H and O–H groups in total. The monoisotopic (exact) mass is 329 g/mol. The van der Waals surface area contributed by atoms with Crippen molar-refractivity contribution in [1.29, 1.82) is 0 Å². The van der Waals surface area contributed by atoms with Crippen molar-refractivity contribution in [3.63, 3.8) is 0 Å². The minimum Gasteiger partial charge on any atom is -0.387 e. The molecule has 3 aromatic rings. The standard InChI is InChI=1S/C17H16FN3OS/c18-14-8-6-12(7-9-14)10-16-20-21-17(23-16)19-11-15(22)13-4-2-1-3-5-13/h1-9,15,22H,10-11H2,(H,19,21). The lowest BCUT2D eigenvalue weighted by molar-refractivity contribution is 0.191. The van der Waals surface area contributed by atoms with E-state index in [9.17, 15) is 9.50 Å². The van der Waals surface area contributed by atoms with Crippen LogP contribution in [0.2, 0.25) is 0 Å². The van der Waals surface area contributed by atoms with Gasteiger partial charge in [-0.25, -0.2) is 4.39 Å². The summed E-state index contributed by atoms with van der Waals surface area (Å²) in [5.41, 5.74) is 1.84. The molecule has 2 aromatic carbocycles. The highest BCUT2D eigenvalue weighted by atomic mass is 32.1. The average Bonchev–Trinajstić information content (AvgIpc) is 3.03. The lowest BCUT2D eigenvalue weighted by Crippen LogP contribution is -2.11. The Kier molecular flexibility index (Phi) is 4.95. The van der Waals surface area contributed by atoms with E-state index >= 15 is 0 Å². The van der Waals surface area contributed by atoms with Crippen molar-refractivity contribution in [2.45, 2.75) is 12.5 Å². The van der Waals surface area contributed by atoms with Gasteiger partial charge in [0.25, 0.3) is 0 Å². The molecule has 0 saturated heterocycles. The van der Waals surface area contributed by atoms with Crippen molar-refractivity contribution >= 4 is 16.5 Å². The van der Waals surface area contributed by atoms with Crippen LogP contribution in [0.5, 0.6) is 0 Å². The number of aliphatic hydroxyl groups is 1. The minimum absolute atomic E-state index is 0.247. The van der Waals surface area contributed by atoms with Crippen molar-refractivity contribution in [3.05, 3.63) is 76.5 Å². The zero-order valence-corrected chi connectivity index (χ0v) is 13.1. The Morgan fingerprint density at radius 3 is 2.52 bits per heavy atom. The van der Waals surface area contributed by atoms with Gasteiger partial charge in [0.15, 0.2) is 0 Å². The van der Waals surface area contributed by atoms with E-state index < -0.39 is 6.10 Å². The van der Waals surface area contributed by atoms with Crippen LogP contribution in [0, 0.1) is 5.82 Å². The molecule has 4 nitrogen and oxygen atoms in total. The van der Waals surface area contributed by atoms with Crippen LogP contribution in [0.1, 0.15) is 22.2 Å². The highest BCUT2D eigenvalue weighted by Gasteiger charge is 2.09. The lowest BCUT2D eigenvalue weighted by atomic mass is 10.1. The molecule has 118 valence electrons. The van der Waals surface area contributed by atoms with Gasteiger partial charge in [0.05, 0.1) is 6.10 Å². The molecule has 0 spiro atoms. The summed E-state index contributed by atoms with van der Waals surface area (Å²) in [4.78, 5) is 0. The first-order valence-electron chi connectivity index (χ1n) is 7.24. The second-order valence-corrected chi connectivity index (χ2v) is 6.17. The van der Waals surface area contributed by atoms with E-state index in [0.29, 0.717) is 18.1 Å². The van der Waals surface area contributed by atoms with Crippen LogP contribution in [-0.4, -0.2) is 21.8 Å². The van der Waals surface area contributed by atoms with Crippen molar-refractivity contribution < 1.29 is 9.50 Å². The third-order valence-electron chi connectivity index (χ3n) is 3.37. The molecule has 1 heterocycles. The molecule has 0 radical (unpaired) electrons. The zero-order chi connectivity index (χ0) is 16.1. The second-order valence-electron chi connectivity index (χ2n) is 5.11. The zero-order valence-electron chi connectivity index (χ0n) is 12.3. The molecular formula is C17H16FN3OS. The quantitative estimate of drug-likeness (QED) is 0.727. The lowest BCUT2D eigenvalue weighted by Gasteiger charge is -2.10. The average molecular weight is 329 g/mol. The molecular weight excluding hydrogens is 313 g/mol. The van der Waals surface area contributed by atoms with Gasteiger partial charge in [-0.2, -0.15) is 0 Å². The van der Waals surface area contributed by atoms with Crippen molar-refractivity contribution in [1.82, 2.24) is 10.2 Å². The van der Waals surface area contributed by atoms with Gasteiger partial charge in [0, 0.05) is 13.0 Å². The summed E-state index contributed by atoms with van der Waals surface area (Å²) in [6, 6.07) is 15.8. The molecule has 0 saturated carbocycles. The summed E-state index contributed by atoms with van der Waals surface area (Å²) >= 11 is 1.43. The number of hydrogen-bond donors (Lipinski definition) is 2. The number of nitrogens with one attached hydrogen (secondary N) is 1. The van der Waals surface area contributed by atoms with Crippen molar-refractivity contribution in [2.24, 2.45) is 0 Å². The van der Waals surface area contributed by atoms with Crippen LogP contribution in [0.15, 0.2) is 54.6 Å². The maximum absolute atomic E-state index is 12.9. The maximum Gasteiger partial charge on any atom is 0.205 e. The molecule has 6 heteroatoms. The van der Waals surface area contributed by atoms with Crippen LogP contribution in [0.25, 0.3) is 0 Å². The third kappa shape index (κ3) is 4.34. The maximum atomic E-state index is 12.9. The minimum atomic E-state index is -0.597. The van der Waals surface area contributed by atoms with Gasteiger partial charge in [0.1, 0.15) is 10.8 Å². The van der Waals surface area contributed by atoms with E-state index in [2.05, 4.69) is 15.5 Å². The SMILES string of the molecule is OC(CNc1nnc(Cc2ccc(F)cc2)s1)c1ccccc1. The van der Waals surface area contributed by atoms with Crippen molar-refractivity contribution in [3.8, 4) is 0 Å². The van der Waals surface area contributed by atoms with E-state index in [-0.39, 0.29) is 5.82 Å². The normalized spacial score (nSPS) is 12.1. The number of rotatable bonds is 6. The van der Waals surface area contributed by atoms with Crippen LogP contribution in [-0.2, 0) is 6.42 Å². The Bertz CT molecular complexity index is 746. The fraction of sp³-hybridized carbons (Fsp3) is 0.176. The van der Waals surface area contributed by atoms with E-state index in [1.165, 1.54) is 23.5 Å². The predicted molar refractivity (Wildman–Crippen MR) is 89.0 cm³/mol. The number of anilines is 1. The van der Waals surface area contributed by atoms with Gasteiger partial charge >= 0.3 is 0 Å². The largest absolute Gasteiger partial charge is 0.387 e. The van der Waals surface area contributed by atoms with Crippen molar-refractivity contribution in [2.75, 3.05) is 11.9 Å². The molecule has 0 fully saturated rings. The molecule has 0 amide bonds. The highest BCUT2D eigenvalue weighted by Crippen LogP contribution is 2.20. The third-order valence-corrected chi connectivity index (χ3v) is 4.25. The number of aliphatic hydroxyl groups excluding tert-OH is 1. The number of benzene rings is 2. The second kappa shape index (κ2) is 7.30. The summed E-state index contributed by atoms with van der Waals surface area (Å²) in [7, 11) is 0. The molecule has 0 aliphatic heterocycles. The number of nitrogens with zero attached hydrogens (tertiary/aromatic N) is 2. The molecule has 1 aromatic heterocycles. The number of hydrogen-bond acceptors (Lipinski definition) is 5. The van der Waals surface area contributed by atoms with Gasteiger partial charge in [-0.3, -0.25) is 0 Å². The summed E-state index contributed by atoms with van der Waals surface area (Å²) in [6.45, 7) is 0.370. The Labute approximate surface area is 137 Å². The Morgan fingerprint density at radius 2 is 1.78 bits per heavy atom. The Morgan fingerprint density at radius 1 is 1.04 bits per heavy atom. The molecule has 3 rings (SSSR count). The number of halogens is 1. The predicted octanol–water partition coefficient (Wildman–Crippen LogP) is 3.41. The highest BCUT2D eigenvalue weighted by molar-refractivity contribution is 7.15. The van der Waals surface area contributed by atoms with Gasteiger partial charge in [-0.05, 0) is 23.3 Å². The van der Waals surface area contributed by atoms with Crippen LogP contribution in [0.4, 0.5) is 9.52 Å². The van der Waals surface area contributed by atoms with E-state index in [1.807, 2.05) is 30.3 Å². The van der Waals surface area contributed by atoms with Gasteiger partial charge < -0.3 is 10.4 Å². The summed E-state index contributed by atoms with van der Waals surface area (Å²) in [5, 5.41) is 22.9. The first kappa shape index (κ1) is 15.6. The molecule has 0 bridgehead atoms. The first-order valence-corrected chi connectivity index (χ1v) is 8.06. The van der Waals surface area contributed by atoms with E-state index in [1.54, 1.807) is 12.1 Å². The van der Waals surface area contributed by atoms with Gasteiger partial charge in [0.2, 0.25) is 5.13 Å². The fourth-order valence-electron chi connectivity index (χ4n) is 2.15. The summed E-state index contributed by atoms with van der Waals surface area (Å²) in [6.07, 6.45) is 0.0153. The molecule has 23 heavy (non-hydrogen) atoms. The van der Waals surface area contributed by atoms with Gasteiger partial charge in [-0.15, -0.1) is 10.2 Å². The molecule has 0 aliphatic rings. The van der Waals surface area contributed by atoms with Crippen LogP contribution < -0.4 is 5.32 Å². The Hall–Kier alpha value is -2.31. The smallest absolute Gasteiger partial charge is 0.205 e. The molecule has 1 atom stereocenters. The van der Waals surface area contributed by atoms with Crippen LogP contribution in [0.3, 0.4) is 0 Å². The topological polar surface area (TPSA) is 58.0 Å². The van der Waals surface area contributed by atoms with E-state index in [0.717, 1.165) is 16.1 Å². The first-order chi connectivity index (χ1) is 11.2. The summed E-state index contributed by atoms with van der Waals surface area (Å²) < 4.78 is 12.9. The Balaban J connectivity index is 1.56. The van der Waals surface area contributed by atoms with Crippen LogP contribution >= 0.6 is 11.3 Å².